The lowest BCUT2D eigenvalue weighted by molar-refractivity contribution is 0.684. The van der Waals surface area contributed by atoms with Crippen molar-refractivity contribution in [1.29, 1.82) is 0 Å². The summed E-state index contributed by atoms with van der Waals surface area (Å²) in [5.41, 5.74) is 11.4. The highest BCUT2D eigenvalue weighted by molar-refractivity contribution is 5.39. The molecule has 0 aliphatic heterocycles. The van der Waals surface area contributed by atoms with Crippen LogP contribution in [0.5, 0.6) is 0 Å². The standard InChI is InChI=1S/C14H23N/c1-5-13-8-11(3)12(4)14(9-13)10(2)6-7-15/h8-10H,5-7,15H2,1-4H3. The molecule has 0 aromatic heterocycles. The number of rotatable bonds is 4. The van der Waals surface area contributed by atoms with Crippen LogP contribution in [0.2, 0.25) is 0 Å². The van der Waals surface area contributed by atoms with Gasteiger partial charge in [-0.2, -0.15) is 0 Å². The van der Waals surface area contributed by atoms with E-state index in [1.807, 2.05) is 0 Å². The van der Waals surface area contributed by atoms with Crippen LogP contribution in [0.1, 0.15) is 48.4 Å². The first-order valence-corrected chi connectivity index (χ1v) is 5.90. The molecule has 0 radical (unpaired) electrons. The average molecular weight is 205 g/mol. The van der Waals surface area contributed by atoms with Crippen molar-refractivity contribution in [1.82, 2.24) is 0 Å². The van der Waals surface area contributed by atoms with Crippen molar-refractivity contribution in [3.8, 4) is 0 Å². The highest BCUT2D eigenvalue weighted by Gasteiger charge is 2.10. The average Bonchev–Trinajstić information content (AvgIpc) is 2.22. The maximum atomic E-state index is 5.63. The van der Waals surface area contributed by atoms with Crippen molar-refractivity contribution in [3.63, 3.8) is 0 Å². The van der Waals surface area contributed by atoms with Crippen LogP contribution in [-0.2, 0) is 6.42 Å². The number of benzene rings is 1. The highest BCUT2D eigenvalue weighted by Crippen LogP contribution is 2.26. The summed E-state index contributed by atoms with van der Waals surface area (Å²) in [5, 5.41) is 0. The van der Waals surface area contributed by atoms with E-state index in [0.717, 1.165) is 19.4 Å². The van der Waals surface area contributed by atoms with Gasteiger partial charge in [0.15, 0.2) is 0 Å². The number of hydrogen-bond donors (Lipinski definition) is 1. The molecule has 15 heavy (non-hydrogen) atoms. The molecule has 0 fully saturated rings. The molecule has 1 unspecified atom stereocenters. The van der Waals surface area contributed by atoms with Crippen molar-refractivity contribution >= 4 is 0 Å². The van der Waals surface area contributed by atoms with E-state index >= 15 is 0 Å². The number of nitrogens with two attached hydrogens (primary N) is 1. The van der Waals surface area contributed by atoms with Gasteiger partial charge in [0.05, 0.1) is 0 Å². The van der Waals surface area contributed by atoms with Gasteiger partial charge in [-0.1, -0.05) is 26.0 Å². The van der Waals surface area contributed by atoms with E-state index in [-0.39, 0.29) is 0 Å². The Kier molecular flexibility index (Phi) is 4.34. The Bertz CT molecular complexity index is 328. The minimum absolute atomic E-state index is 0.584. The molecule has 0 spiro atoms. The van der Waals surface area contributed by atoms with Gasteiger partial charge in [0.1, 0.15) is 0 Å². The summed E-state index contributed by atoms with van der Waals surface area (Å²) in [6, 6.07) is 4.65. The third-order valence-corrected chi connectivity index (χ3v) is 3.31. The fraction of sp³-hybridized carbons (Fsp3) is 0.571. The fourth-order valence-corrected chi connectivity index (χ4v) is 2.09. The summed E-state index contributed by atoms with van der Waals surface area (Å²) in [6.45, 7) is 9.68. The zero-order valence-corrected chi connectivity index (χ0v) is 10.4. The quantitative estimate of drug-likeness (QED) is 0.801. The molecule has 1 atom stereocenters. The topological polar surface area (TPSA) is 26.0 Å². The zero-order chi connectivity index (χ0) is 11.4. The Morgan fingerprint density at radius 1 is 1.27 bits per heavy atom. The van der Waals surface area contributed by atoms with Crippen LogP contribution in [0.4, 0.5) is 0 Å². The predicted molar refractivity (Wildman–Crippen MR) is 67.4 cm³/mol. The monoisotopic (exact) mass is 205 g/mol. The molecular formula is C14H23N. The SMILES string of the molecule is CCc1cc(C)c(C)c(C(C)CCN)c1. The second kappa shape index (κ2) is 5.32. The summed E-state index contributed by atoms with van der Waals surface area (Å²) >= 11 is 0. The summed E-state index contributed by atoms with van der Waals surface area (Å²) in [4.78, 5) is 0. The van der Waals surface area contributed by atoms with Gasteiger partial charge < -0.3 is 5.73 Å². The summed E-state index contributed by atoms with van der Waals surface area (Å²) in [6.07, 6.45) is 2.19. The van der Waals surface area contributed by atoms with Crippen molar-refractivity contribution < 1.29 is 0 Å². The molecule has 2 N–H and O–H groups in total. The third-order valence-electron chi connectivity index (χ3n) is 3.31. The van der Waals surface area contributed by atoms with Crippen LogP contribution in [0, 0.1) is 13.8 Å². The molecule has 1 nitrogen and oxygen atoms in total. The molecule has 0 aliphatic rings. The van der Waals surface area contributed by atoms with Crippen LogP contribution in [0.3, 0.4) is 0 Å². The van der Waals surface area contributed by atoms with E-state index in [9.17, 15) is 0 Å². The maximum absolute atomic E-state index is 5.63. The van der Waals surface area contributed by atoms with Crippen LogP contribution < -0.4 is 5.73 Å². The molecule has 0 bridgehead atoms. The van der Waals surface area contributed by atoms with Gasteiger partial charge in [-0.25, -0.2) is 0 Å². The summed E-state index contributed by atoms with van der Waals surface area (Å²) < 4.78 is 0. The van der Waals surface area contributed by atoms with Crippen molar-refractivity contribution in [2.45, 2.75) is 46.5 Å². The van der Waals surface area contributed by atoms with E-state index in [1.165, 1.54) is 22.3 Å². The van der Waals surface area contributed by atoms with Crippen LogP contribution in [0.25, 0.3) is 0 Å². The third kappa shape index (κ3) is 2.82. The van der Waals surface area contributed by atoms with Gasteiger partial charge in [0, 0.05) is 0 Å². The van der Waals surface area contributed by atoms with Crippen LogP contribution in [0.15, 0.2) is 12.1 Å². The lowest BCUT2D eigenvalue weighted by Gasteiger charge is -2.17. The molecule has 84 valence electrons. The first-order chi connectivity index (χ1) is 7.10. The normalized spacial score (nSPS) is 12.9. The van der Waals surface area contributed by atoms with E-state index in [4.69, 9.17) is 5.73 Å². The van der Waals surface area contributed by atoms with Crippen molar-refractivity contribution in [2.75, 3.05) is 6.54 Å². The van der Waals surface area contributed by atoms with Gasteiger partial charge in [-0.15, -0.1) is 0 Å². The lowest BCUT2D eigenvalue weighted by atomic mass is 9.89. The molecule has 1 rings (SSSR count). The maximum Gasteiger partial charge on any atom is -0.00715 e. The van der Waals surface area contributed by atoms with Crippen LogP contribution >= 0.6 is 0 Å². The number of aryl methyl sites for hydroxylation is 2. The minimum Gasteiger partial charge on any atom is -0.330 e. The first kappa shape index (κ1) is 12.3. The number of hydrogen-bond acceptors (Lipinski definition) is 1. The Hall–Kier alpha value is -0.820. The molecule has 0 heterocycles. The van der Waals surface area contributed by atoms with Crippen molar-refractivity contribution in [3.05, 3.63) is 34.4 Å². The van der Waals surface area contributed by atoms with Gasteiger partial charge >= 0.3 is 0 Å². The Labute approximate surface area is 93.7 Å². The molecule has 0 aliphatic carbocycles. The predicted octanol–water partition coefficient (Wildman–Crippen LogP) is 3.32. The lowest BCUT2D eigenvalue weighted by Crippen LogP contribution is -2.07. The second-order valence-electron chi connectivity index (χ2n) is 4.46. The van der Waals surface area contributed by atoms with E-state index in [2.05, 4.69) is 39.8 Å². The van der Waals surface area contributed by atoms with Gasteiger partial charge in [-0.3, -0.25) is 0 Å². The second-order valence-corrected chi connectivity index (χ2v) is 4.46. The smallest absolute Gasteiger partial charge is 0.00715 e. The highest BCUT2D eigenvalue weighted by atomic mass is 14.5. The van der Waals surface area contributed by atoms with E-state index in [1.54, 1.807) is 0 Å². The summed E-state index contributed by atoms with van der Waals surface area (Å²) in [5.74, 6) is 0.584. The Morgan fingerprint density at radius 2 is 1.93 bits per heavy atom. The van der Waals surface area contributed by atoms with Gasteiger partial charge in [0.2, 0.25) is 0 Å². The Balaban J connectivity index is 3.09. The molecule has 1 aromatic carbocycles. The van der Waals surface area contributed by atoms with E-state index < -0.39 is 0 Å². The largest absolute Gasteiger partial charge is 0.330 e. The van der Waals surface area contributed by atoms with Crippen LogP contribution in [-0.4, -0.2) is 6.54 Å². The van der Waals surface area contributed by atoms with Crippen molar-refractivity contribution in [2.24, 2.45) is 5.73 Å². The minimum atomic E-state index is 0.584. The fourth-order valence-electron chi connectivity index (χ4n) is 2.09. The summed E-state index contributed by atoms with van der Waals surface area (Å²) in [7, 11) is 0. The Morgan fingerprint density at radius 3 is 2.47 bits per heavy atom. The van der Waals surface area contributed by atoms with Gasteiger partial charge in [0.25, 0.3) is 0 Å². The van der Waals surface area contributed by atoms with E-state index in [0.29, 0.717) is 5.92 Å². The molecule has 0 saturated heterocycles. The molecule has 1 heteroatoms. The van der Waals surface area contributed by atoms with Gasteiger partial charge in [-0.05, 0) is 61.4 Å². The first-order valence-electron chi connectivity index (χ1n) is 5.90. The molecule has 0 saturated carbocycles. The molecular weight excluding hydrogens is 182 g/mol. The molecule has 1 aromatic rings. The zero-order valence-electron chi connectivity index (χ0n) is 10.4. The molecule has 0 amide bonds.